The smallest absolute Gasteiger partial charge is 0.0316 e. The predicted octanol–water partition coefficient (Wildman–Crippen LogP) is 3.28. The zero-order valence-electron chi connectivity index (χ0n) is 11.1. The number of hydrogen-bond donors (Lipinski definition) is 2. The van der Waals surface area contributed by atoms with E-state index in [1.54, 1.807) is 0 Å². The molecule has 0 atom stereocenters. The predicted molar refractivity (Wildman–Crippen MR) is 73.8 cm³/mol. The fraction of sp³-hybridized carbons (Fsp3) is 0.571. The van der Waals surface area contributed by atoms with E-state index in [0.717, 1.165) is 5.69 Å². The zero-order chi connectivity index (χ0) is 12.4. The first-order chi connectivity index (χ1) is 7.61. The van der Waals surface area contributed by atoms with Crippen molar-refractivity contribution in [1.82, 2.24) is 5.32 Å². The standard InChI is InChI=1S/C8H11N.C6H15N/c1-6-3-4-8(9)5-7(6)2;1-3-5-7-6-4-2/h3-5H,9H2,1-2H3;7H,3-6H2,1-2H3. The van der Waals surface area contributed by atoms with Crippen LogP contribution >= 0.6 is 0 Å². The SMILES string of the molecule is CCCNCCC.Cc1ccc(N)cc1C. The fourth-order valence-electron chi connectivity index (χ4n) is 1.24. The summed E-state index contributed by atoms with van der Waals surface area (Å²) in [6, 6.07) is 5.93. The molecule has 0 aliphatic heterocycles. The summed E-state index contributed by atoms with van der Waals surface area (Å²) in [6.07, 6.45) is 2.50. The van der Waals surface area contributed by atoms with Crippen molar-refractivity contribution >= 4 is 5.69 Å². The van der Waals surface area contributed by atoms with Crippen LogP contribution in [0.15, 0.2) is 18.2 Å². The maximum absolute atomic E-state index is 5.53. The lowest BCUT2D eigenvalue weighted by atomic mass is 10.1. The van der Waals surface area contributed by atoms with Gasteiger partial charge < -0.3 is 11.1 Å². The molecule has 0 aliphatic carbocycles. The van der Waals surface area contributed by atoms with Crippen LogP contribution in [0.1, 0.15) is 37.8 Å². The van der Waals surface area contributed by atoms with Crippen molar-refractivity contribution in [2.75, 3.05) is 18.8 Å². The Morgan fingerprint density at radius 2 is 1.56 bits per heavy atom. The van der Waals surface area contributed by atoms with E-state index in [1.807, 2.05) is 18.2 Å². The molecule has 0 bridgehead atoms. The summed E-state index contributed by atoms with van der Waals surface area (Å²) in [5, 5.41) is 3.28. The molecule has 0 unspecified atom stereocenters. The minimum absolute atomic E-state index is 0.845. The molecule has 0 spiro atoms. The lowest BCUT2D eigenvalue weighted by Crippen LogP contribution is -2.14. The fourth-order valence-corrected chi connectivity index (χ4v) is 1.24. The first-order valence-electron chi connectivity index (χ1n) is 6.15. The molecule has 2 heteroatoms. The first-order valence-corrected chi connectivity index (χ1v) is 6.15. The third-order valence-corrected chi connectivity index (χ3v) is 2.38. The van der Waals surface area contributed by atoms with Gasteiger partial charge in [-0.3, -0.25) is 0 Å². The summed E-state index contributed by atoms with van der Waals surface area (Å²) < 4.78 is 0. The molecule has 3 N–H and O–H groups in total. The van der Waals surface area contributed by atoms with E-state index < -0.39 is 0 Å². The largest absolute Gasteiger partial charge is 0.399 e. The average Bonchev–Trinajstić information content (AvgIpc) is 2.26. The molecule has 0 heterocycles. The average molecular weight is 222 g/mol. The van der Waals surface area contributed by atoms with Crippen molar-refractivity contribution in [1.29, 1.82) is 0 Å². The van der Waals surface area contributed by atoms with Gasteiger partial charge in [0.1, 0.15) is 0 Å². The Kier molecular flexibility index (Phi) is 8.64. The van der Waals surface area contributed by atoms with E-state index in [9.17, 15) is 0 Å². The highest BCUT2D eigenvalue weighted by Crippen LogP contribution is 2.09. The molecule has 0 saturated carbocycles. The second kappa shape index (κ2) is 9.22. The molecule has 0 aliphatic rings. The van der Waals surface area contributed by atoms with Gasteiger partial charge in [-0.25, -0.2) is 0 Å². The molecule has 0 radical (unpaired) electrons. The number of anilines is 1. The van der Waals surface area contributed by atoms with Crippen LogP contribution in [0.3, 0.4) is 0 Å². The number of nitrogens with two attached hydrogens (primary N) is 1. The van der Waals surface area contributed by atoms with Crippen LogP contribution < -0.4 is 11.1 Å². The van der Waals surface area contributed by atoms with E-state index >= 15 is 0 Å². The third-order valence-electron chi connectivity index (χ3n) is 2.38. The lowest BCUT2D eigenvalue weighted by Gasteiger charge is -1.98. The van der Waals surface area contributed by atoms with Crippen molar-refractivity contribution < 1.29 is 0 Å². The first kappa shape index (κ1) is 15.0. The minimum Gasteiger partial charge on any atom is -0.399 e. The number of nitrogens with one attached hydrogen (secondary N) is 1. The molecule has 0 amide bonds. The van der Waals surface area contributed by atoms with Crippen molar-refractivity contribution in [3.63, 3.8) is 0 Å². The topological polar surface area (TPSA) is 38.0 Å². The van der Waals surface area contributed by atoms with Crippen LogP contribution in [0.5, 0.6) is 0 Å². The Hall–Kier alpha value is -1.02. The van der Waals surface area contributed by atoms with Crippen LogP contribution in [0, 0.1) is 13.8 Å². The molecule has 0 saturated heterocycles. The Labute approximate surface area is 100 Å². The third kappa shape index (κ3) is 7.30. The normalized spacial score (nSPS) is 9.50. The molecule has 1 aromatic carbocycles. The van der Waals surface area contributed by atoms with E-state index in [-0.39, 0.29) is 0 Å². The molecule has 0 aromatic heterocycles. The Morgan fingerprint density at radius 3 is 1.94 bits per heavy atom. The summed E-state index contributed by atoms with van der Waals surface area (Å²) in [4.78, 5) is 0. The molecule has 1 aromatic rings. The monoisotopic (exact) mass is 222 g/mol. The van der Waals surface area contributed by atoms with Crippen molar-refractivity contribution in [2.24, 2.45) is 0 Å². The summed E-state index contributed by atoms with van der Waals surface area (Å²) in [7, 11) is 0. The molecule has 2 nitrogen and oxygen atoms in total. The summed E-state index contributed by atoms with van der Waals surface area (Å²) in [6.45, 7) is 10.9. The van der Waals surface area contributed by atoms with E-state index in [4.69, 9.17) is 5.73 Å². The highest BCUT2D eigenvalue weighted by atomic mass is 14.8. The van der Waals surface area contributed by atoms with Gasteiger partial charge in [0, 0.05) is 5.69 Å². The molecule has 92 valence electrons. The van der Waals surface area contributed by atoms with Gasteiger partial charge in [-0.15, -0.1) is 0 Å². The van der Waals surface area contributed by atoms with Crippen molar-refractivity contribution in [2.45, 2.75) is 40.5 Å². The van der Waals surface area contributed by atoms with Crippen molar-refractivity contribution in [3.05, 3.63) is 29.3 Å². The summed E-state index contributed by atoms with van der Waals surface area (Å²) in [5.41, 5.74) is 8.93. The van der Waals surface area contributed by atoms with Crippen LogP contribution in [0.25, 0.3) is 0 Å². The highest BCUT2D eigenvalue weighted by molar-refractivity contribution is 5.43. The maximum Gasteiger partial charge on any atom is 0.0316 e. The van der Waals surface area contributed by atoms with E-state index in [1.165, 1.54) is 37.1 Å². The van der Waals surface area contributed by atoms with Gasteiger partial charge in [0.25, 0.3) is 0 Å². The van der Waals surface area contributed by atoms with Gasteiger partial charge in [0.2, 0.25) is 0 Å². The van der Waals surface area contributed by atoms with Gasteiger partial charge in [-0.05, 0) is 63.0 Å². The Morgan fingerprint density at radius 1 is 1.00 bits per heavy atom. The number of rotatable bonds is 4. The second-order valence-electron chi connectivity index (χ2n) is 4.09. The van der Waals surface area contributed by atoms with E-state index in [2.05, 4.69) is 33.0 Å². The second-order valence-corrected chi connectivity index (χ2v) is 4.09. The van der Waals surface area contributed by atoms with Crippen LogP contribution in [0.4, 0.5) is 5.69 Å². The number of aryl methyl sites for hydroxylation is 2. The molecular weight excluding hydrogens is 196 g/mol. The lowest BCUT2D eigenvalue weighted by molar-refractivity contribution is 0.662. The highest BCUT2D eigenvalue weighted by Gasteiger charge is 1.89. The zero-order valence-corrected chi connectivity index (χ0v) is 11.1. The molecule has 0 fully saturated rings. The van der Waals surface area contributed by atoms with Crippen LogP contribution in [-0.4, -0.2) is 13.1 Å². The van der Waals surface area contributed by atoms with Gasteiger partial charge in [0.05, 0.1) is 0 Å². The number of hydrogen-bond acceptors (Lipinski definition) is 2. The minimum atomic E-state index is 0.845. The van der Waals surface area contributed by atoms with Gasteiger partial charge in [-0.2, -0.15) is 0 Å². The van der Waals surface area contributed by atoms with Crippen LogP contribution in [-0.2, 0) is 0 Å². The Bertz CT molecular complexity index is 278. The Balaban J connectivity index is 0.000000293. The maximum atomic E-state index is 5.53. The quantitative estimate of drug-likeness (QED) is 0.606. The number of benzene rings is 1. The number of nitrogen functional groups attached to an aromatic ring is 1. The molecular formula is C14H26N2. The summed E-state index contributed by atoms with van der Waals surface area (Å²) in [5.74, 6) is 0. The van der Waals surface area contributed by atoms with Gasteiger partial charge in [-0.1, -0.05) is 19.9 Å². The van der Waals surface area contributed by atoms with Crippen LogP contribution in [0.2, 0.25) is 0 Å². The summed E-state index contributed by atoms with van der Waals surface area (Å²) >= 11 is 0. The van der Waals surface area contributed by atoms with Gasteiger partial charge in [0.15, 0.2) is 0 Å². The molecule has 1 rings (SSSR count). The van der Waals surface area contributed by atoms with Crippen molar-refractivity contribution in [3.8, 4) is 0 Å². The van der Waals surface area contributed by atoms with E-state index in [0.29, 0.717) is 0 Å². The van der Waals surface area contributed by atoms with Gasteiger partial charge >= 0.3 is 0 Å². The molecule has 16 heavy (non-hydrogen) atoms.